The number of nitrogens with one attached hydrogen (secondary N) is 1. The fraction of sp³-hybridized carbons (Fsp3) is 0.458. The molecule has 1 saturated heterocycles. The smallest absolute Gasteiger partial charge is 0.251 e. The Morgan fingerprint density at radius 1 is 1.12 bits per heavy atom. The summed E-state index contributed by atoms with van der Waals surface area (Å²) in [5.74, 6) is 1.40. The number of aliphatic hydroxyl groups is 1. The Labute approximate surface area is 192 Å². The molecule has 2 aliphatic heterocycles. The number of aromatic nitrogens is 3. The molecule has 33 heavy (non-hydrogen) atoms. The van der Waals surface area contributed by atoms with E-state index in [2.05, 4.69) is 20.2 Å². The van der Waals surface area contributed by atoms with Crippen LogP contribution in [0.3, 0.4) is 0 Å². The zero-order valence-corrected chi connectivity index (χ0v) is 18.7. The lowest BCUT2D eigenvalue weighted by atomic mass is 10.0. The van der Waals surface area contributed by atoms with Gasteiger partial charge in [0.1, 0.15) is 13.2 Å². The minimum Gasteiger partial charge on any atom is -0.486 e. The molecule has 0 bridgehead atoms. The lowest BCUT2D eigenvalue weighted by molar-refractivity contribution is 0.0384. The summed E-state index contributed by atoms with van der Waals surface area (Å²) in [5.41, 5.74) is 3.52. The maximum Gasteiger partial charge on any atom is 0.251 e. The first-order chi connectivity index (χ1) is 16.1. The fourth-order valence-electron chi connectivity index (χ4n) is 4.50. The molecule has 0 radical (unpaired) electrons. The lowest BCUT2D eigenvalue weighted by Crippen LogP contribution is -2.53. The standard InChI is InChI=1S/C24H29N5O4/c1-16-10-20-18(26-12-16)2-3-24(31)29(20)7-6-28-5-4-19(21(30)15-28)27-13-17-11-22-23(14-25-17)33-9-8-32-22/h2-3,10-12,14,19,21,27,30H,4-9,13,15H2,1H3/t19-,21-/m1/s1. The number of likely N-dealkylation sites (tertiary alicyclic amines) is 1. The van der Waals surface area contributed by atoms with E-state index < -0.39 is 6.10 Å². The Balaban J connectivity index is 1.16. The molecule has 2 aliphatic rings. The van der Waals surface area contributed by atoms with Gasteiger partial charge in [-0.1, -0.05) is 0 Å². The van der Waals surface area contributed by atoms with Crippen molar-refractivity contribution in [3.8, 4) is 11.5 Å². The zero-order chi connectivity index (χ0) is 22.8. The van der Waals surface area contributed by atoms with Crippen LogP contribution in [0.2, 0.25) is 0 Å². The Bertz CT molecular complexity index is 1200. The number of β-amino-alcohol motifs (C(OH)–C–C–N with tert-alkyl or cyclic N) is 1. The molecule has 0 amide bonds. The number of aliphatic hydroxyl groups excluding tert-OH is 1. The van der Waals surface area contributed by atoms with Crippen molar-refractivity contribution in [1.82, 2.24) is 24.8 Å². The second kappa shape index (κ2) is 9.46. The highest BCUT2D eigenvalue weighted by molar-refractivity contribution is 5.74. The third-order valence-corrected chi connectivity index (χ3v) is 6.31. The predicted molar refractivity (Wildman–Crippen MR) is 124 cm³/mol. The first kappa shape index (κ1) is 21.8. The average molecular weight is 452 g/mol. The summed E-state index contributed by atoms with van der Waals surface area (Å²) in [6.07, 6.45) is 3.82. The lowest BCUT2D eigenvalue weighted by Gasteiger charge is -2.36. The van der Waals surface area contributed by atoms with Crippen molar-refractivity contribution in [3.05, 3.63) is 58.3 Å². The van der Waals surface area contributed by atoms with Gasteiger partial charge in [-0.15, -0.1) is 0 Å². The molecule has 3 aromatic rings. The van der Waals surface area contributed by atoms with E-state index in [0.29, 0.717) is 45.1 Å². The molecule has 0 spiro atoms. The van der Waals surface area contributed by atoms with Crippen LogP contribution in [0.15, 0.2) is 41.5 Å². The summed E-state index contributed by atoms with van der Waals surface area (Å²) < 4.78 is 12.9. The first-order valence-electron chi connectivity index (χ1n) is 11.4. The van der Waals surface area contributed by atoms with Gasteiger partial charge in [0, 0.05) is 50.6 Å². The van der Waals surface area contributed by atoms with Gasteiger partial charge in [-0.05, 0) is 37.6 Å². The molecule has 9 heteroatoms. The van der Waals surface area contributed by atoms with Gasteiger partial charge >= 0.3 is 0 Å². The molecule has 5 rings (SSSR count). The molecule has 0 unspecified atom stereocenters. The number of hydrogen-bond acceptors (Lipinski definition) is 8. The van der Waals surface area contributed by atoms with Gasteiger partial charge in [0.25, 0.3) is 5.56 Å². The normalized spacial score (nSPS) is 20.8. The molecular formula is C24H29N5O4. The van der Waals surface area contributed by atoms with Crippen LogP contribution in [-0.4, -0.2) is 69.5 Å². The van der Waals surface area contributed by atoms with Crippen molar-refractivity contribution in [2.75, 3.05) is 32.8 Å². The summed E-state index contributed by atoms with van der Waals surface area (Å²) in [6.45, 7) is 6.28. The Kier molecular flexibility index (Phi) is 6.26. The van der Waals surface area contributed by atoms with Crippen LogP contribution < -0.4 is 20.3 Å². The summed E-state index contributed by atoms with van der Waals surface area (Å²) in [5, 5.41) is 14.2. The molecule has 0 saturated carbocycles. The SMILES string of the molecule is Cc1cnc2ccc(=O)n(CCN3CC[C@@H](NCc4cc5c(cn4)OCCO5)[C@H](O)C3)c2c1. The number of nitrogens with zero attached hydrogens (tertiary/aromatic N) is 4. The van der Waals surface area contributed by atoms with Crippen LogP contribution in [0.4, 0.5) is 0 Å². The van der Waals surface area contributed by atoms with Crippen molar-refractivity contribution >= 4 is 11.0 Å². The quantitative estimate of drug-likeness (QED) is 0.575. The Hall–Kier alpha value is -3.01. The molecule has 0 aromatic carbocycles. The van der Waals surface area contributed by atoms with Crippen LogP contribution in [-0.2, 0) is 13.1 Å². The molecule has 5 heterocycles. The summed E-state index contributed by atoms with van der Waals surface area (Å²) in [4.78, 5) is 23.5. The van der Waals surface area contributed by atoms with E-state index in [9.17, 15) is 9.90 Å². The third kappa shape index (κ3) is 4.85. The van der Waals surface area contributed by atoms with E-state index in [1.165, 1.54) is 0 Å². The molecule has 2 atom stereocenters. The molecule has 0 aliphatic carbocycles. The molecule has 1 fully saturated rings. The van der Waals surface area contributed by atoms with Crippen molar-refractivity contribution in [2.45, 2.75) is 38.6 Å². The maximum atomic E-state index is 12.5. The van der Waals surface area contributed by atoms with E-state index in [1.807, 2.05) is 25.3 Å². The number of aryl methyl sites for hydroxylation is 1. The fourth-order valence-corrected chi connectivity index (χ4v) is 4.50. The molecule has 3 aromatic heterocycles. The molecule has 174 valence electrons. The number of hydrogen-bond donors (Lipinski definition) is 2. The number of rotatable bonds is 6. The molecule has 2 N–H and O–H groups in total. The van der Waals surface area contributed by atoms with E-state index in [0.717, 1.165) is 41.0 Å². The first-order valence-corrected chi connectivity index (χ1v) is 11.4. The van der Waals surface area contributed by atoms with Gasteiger partial charge in [0.2, 0.25) is 0 Å². The zero-order valence-electron chi connectivity index (χ0n) is 18.7. The Morgan fingerprint density at radius 2 is 1.97 bits per heavy atom. The number of ether oxygens (including phenoxy) is 2. The highest BCUT2D eigenvalue weighted by Gasteiger charge is 2.27. The van der Waals surface area contributed by atoms with E-state index >= 15 is 0 Å². The summed E-state index contributed by atoms with van der Waals surface area (Å²) in [7, 11) is 0. The second-order valence-electron chi connectivity index (χ2n) is 8.70. The van der Waals surface area contributed by atoms with Gasteiger partial charge in [0.15, 0.2) is 11.5 Å². The van der Waals surface area contributed by atoms with Crippen LogP contribution in [0, 0.1) is 6.92 Å². The topological polar surface area (TPSA) is 102 Å². The highest BCUT2D eigenvalue weighted by Crippen LogP contribution is 2.29. The van der Waals surface area contributed by atoms with Crippen LogP contribution in [0.5, 0.6) is 11.5 Å². The van der Waals surface area contributed by atoms with Crippen LogP contribution in [0.25, 0.3) is 11.0 Å². The van der Waals surface area contributed by atoms with Gasteiger partial charge in [-0.3, -0.25) is 19.7 Å². The summed E-state index contributed by atoms with van der Waals surface area (Å²) in [6, 6.07) is 7.22. The third-order valence-electron chi connectivity index (χ3n) is 6.31. The average Bonchev–Trinajstić information content (AvgIpc) is 2.82. The van der Waals surface area contributed by atoms with Crippen molar-refractivity contribution < 1.29 is 14.6 Å². The minimum atomic E-state index is -0.496. The predicted octanol–water partition coefficient (Wildman–Crippen LogP) is 1.10. The van der Waals surface area contributed by atoms with Crippen molar-refractivity contribution in [2.24, 2.45) is 0 Å². The number of piperidine rings is 1. The largest absolute Gasteiger partial charge is 0.486 e. The van der Waals surface area contributed by atoms with Crippen LogP contribution >= 0.6 is 0 Å². The molecular weight excluding hydrogens is 422 g/mol. The second-order valence-corrected chi connectivity index (χ2v) is 8.70. The van der Waals surface area contributed by atoms with Gasteiger partial charge < -0.3 is 24.5 Å². The number of pyridine rings is 3. The van der Waals surface area contributed by atoms with Crippen molar-refractivity contribution in [1.29, 1.82) is 0 Å². The van der Waals surface area contributed by atoms with E-state index in [4.69, 9.17) is 9.47 Å². The number of fused-ring (bicyclic) bond motifs is 2. The van der Waals surface area contributed by atoms with Gasteiger partial charge in [0.05, 0.1) is 29.0 Å². The highest BCUT2D eigenvalue weighted by atomic mass is 16.6. The Morgan fingerprint density at radius 3 is 2.82 bits per heavy atom. The van der Waals surface area contributed by atoms with Gasteiger partial charge in [-0.2, -0.15) is 0 Å². The maximum absolute atomic E-state index is 12.5. The monoisotopic (exact) mass is 451 g/mol. The minimum absolute atomic E-state index is 0.0108. The van der Waals surface area contributed by atoms with Crippen molar-refractivity contribution in [3.63, 3.8) is 0 Å². The van der Waals surface area contributed by atoms with E-state index in [1.54, 1.807) is 22.9 Å². The molecule has 9 nitrogen and oxygen atoms in total. The van der Waals surface area contributed by atoms with Crippen LogP contribution in [0.1, 0.15) is 17.7 Å². The van der Waals surface area contributed by atoms with Gasteiger partial charge in [-0.25, -0.2) is 0 Å². The van der Waals surface area contributed by atoms with E-state index in [-0.39, 0.29) is 11.6 Å². The summed E-state index contributed by atoms with van der Waals surface area (Å²) >= 11 is 0.